The van der Waals surface area contributed by atoms with E-state index in [4.69, 9.17) is 5.73 Å². The first-order chi connectivity index (χ1) is 11.6. The minimum Gasteiger partial charge on any atom is -0.368 e. The molecule has 1 aliphatic rings. The third kappa shape index (κ3) is 4.09. The molecule has 25 heavy (non-hydrogen) atoms. The highest BCUT2D eigenvalue weighted by Crippen LogP contribution is 2.36. The molecule has 3 rings (SSSR count). The first-order valence-corrected chi connectivity index (χ1v) is 7.33. The number of nitrogens with one attached hydrogen (secondary N) is 1. The predicted octanol–water partition coefficient (Wildman–Crippen LogP) is 3.13. The Hall–Kier alpha value is -2.59. The predicted molar refractivity (Wildman–Crippen MR) is 78.7 cm³/mol. The quantitative estimate of drug-likeness (QED) is 0.818. The number of anilines is 2. The van der Waals surface area contributed by atoms with Gasteiger partial charge in [-0.05, 0) is 18.6 Å². The van der Waals surface area contributed by atoms with Gasteiger partial charge < -0.3 is 11.1 Å². The monoisotopic (exact) mass is 360 g/mol. The lowest BCUT2D eigenvalue weighted by atomic mass is 10.2. The zero-order chi connectivity index (χ0) is 18.2. The van der Waals surface area contributed by atoms with Crippen molar-refractivity contribution in [3.63, 3.8) is 0 Å². The molecule has 0 spiro atoms. The number of hydrogen-bond donors (Lipinski definition) is 2. The second kappa shape index (κ2) is 6.05. The Labute approximate surface area is 138 Å². The number of pyridine rings is 1. The molecule has 1 aliphatic carbocycles. The van der Waals surface area contributed by atoms with E-state index in [9.17, 15) is 22.0 Å². The number of halogens is 5. The van der Waals surface area contributed by atoms with E-state index in [2.05, 4.69) is 25.3 Å². The van der Waals surface area contributed by atoms with Crippen molar-refractivity contribution in [1.29, 1.82) is 0 Å². The van der Waals surface area contributed by atoms with Crippen LogP contribution in [0, 0.1) is 0 Å². The van der Waals surface area contributed by atoms with Crippen molar-refractivity contribution >= 4 is 11.9 Å². The second-order valence-corrected chi connectivity index (χ2v) is 5.69. The van der Waals surface area contributed by atoms with Gasteiger partial charge in [-0.2, -0.15) is 28.1 Å². The van der Waals surface area contributed by atoms with E-state index in [1.165, 1.54) is 6.07 Å². The Morgan fingerprint density at radius 3 is 2.52 bits per heavy atom. The highest BCUT2D eigenvalue weighted by atomic mass is 19.4. The number of nitrogen functional groups attached to an aromatic ring is 1. The molecule has 1 unspecified atom stereocenters. The summed E-state index contributed by atoms with van der Waals surface area (Å²) in [4.78, 5) is 15.0. The van der Waals surface area contributed by atoms with E-state index in [0.717, 1.165) is 12.1 Å². The molecule has 3 N–H and O–H groups in total. The fraction of sp³-hybridized carbons (Fsp3) is 0.429. The van der Waals surface area contributed by atoms with E-state index in [-0.39, 0.29) is 42.7 Å². The summed E-state index contributed by atoms with van der Waals surface area (Å²) in [7, 11) is 0. The van der Waals surface area contributed by atoms with Crippen LogP contribution in [0.15, 0.2) is 18.2 Å². The average molecular weight is 360 g/mol. The van der Waals surface area contributed by atoms with E-state index in [1.54, 1.807) is 0 Å². The summed E-state index contributed by atoms with van der Waals surface area (Å²) in [6, 6.07) is 2.71. The van der Waals surface area contributed by atoms with Crippen LogP contribution in [0.3, 0.4) is 0 Å². The Kier molecular flexibility index (Phi) is 4.17. The van der Waals surface area contributed by atoms with Gasteiger partial charge in [0.25, 0.3) is 0 Å². The fourth-order valence-electron chi connectivity index (χ4n) is 2.54. The molecule has 0 bridgehead atoms. The minimum absolute atomic E-state index is 0.0792. The fourth-order valence-corrected chi connectivity index (χ4v) is 2.54. The Morgan fingerprint density at radius 1 is 1.12 bits per heavy atom. The van der Waals surface area contributed by atoms with E-state index in [1.807, 2.05) is 0 Å². The van der Waals surface area contributed by atoms with Crippen LogP contribution >= 0.6 is 0 Å². The summed E-state index contributed by atoms with van der Waals surface area (Å²) < 4.78 is 64.8. The smallest absolute Gasteiger partial charge is 0.368 e. The molecule has 11 heteroatoms. The highest BCUT2D eigenvalue weighted by Gasteiger charge is 2.39. The molecule has 0 aromatic carbocycles. The molecule has 0 radical (unpaired) electrons. The van der Waals surface area contributed by atoms with Crippen LogP contribution in [-0.4, -0.2) is 31.9 Å². The molecule has 0 aliphatic heterocycles. The number of nitrogens with two attached hydrogens (primary N) is 1. The zero-order valence-electron chi connectivity index (χ0n) is 12.7. The maximum Gasteiger partial charge on any atom is 0.433 e. The van der Waals surface area contributed by atoms with Crippen molar-refractivity contribution in [2.75, 3.05) is 11.1 Å². The maximum absolute atomic E-state index is 13.2. The van der Waals surface area contributed by atoms with Crippen LogP contribution in [0.25, 0.3) is 11.5 Å². The van der Waals surface area contributed by atoms with Crippen LogP contribution in [0.2, 0.25) is 0 Å². The summed E-state index contributed by atoms with van der Waals surface area (Å²) >= 11 is 0. The van der Waals surface area contributed by atoms with Crippen molar-refractivity contribution in [2.45, 2.75) is 37.4 Å². The maximum atomic E-state index is 13.2. The van der Waals surface area contributed by atoms with Crippen molar-refractivity contribution in [3.05, 3.63) is 23.9 Å². The Balaban J connectivity index is 1.87. The van der Waals surface area contributed by atoms with Crippen LogP contribution < -0.4 is 11.1 Å². The zero-order valence-corrected chi connectivity index (χ0v) is 12.7. The second-order valence-electron chi connectivity index (χ2n) is 5.69. The van der Waals surface area contributed by atoms with Gasteiger partial charge in [0, 0.05) is 18.9 Å². The molecule has 0 amide bonds. The van der Waals surface area contributed by atoms with Gasteiger partial charge in [-0.3, -0.25) is 0 Å². The third-order valence-corrected chi connectivity index (χ3v) is 3.66. The normalized spacial score (nSPS) is 19.8. The number of alkyl halides is 5. The Morgan fingerprint density at radius 2 is 1.88 bits per heavy atom. The summed E-state index contributed by atoms with van der Waals surface area (Å²) in [5.74, 6) is -3.27. The molecular formula is C14H13F5N6. The number of hydrogen-bond acceptors (Lipinski definition) is 6. The highest BCUT2D eigenvalue weighted by molar-refractivity contribution is 5.53. The van der Waals surface area contributed by atoms with E-state index >= 15 is 0 Å². The molecule has 1 fully saturated rings. The third-order valence-electron chi connectivity index (χ3n) is 3.66. The molecule has 0 saturated heterocycles. The van der Waals surface area contributed by atoms with Gasteiger partial charge in [-0.15, -0.1) is 0 Å². The summed E-state index contributed by atoms with van der Waals surface area (Å²) in [6.45, 7) is 0. The van der Waals surface area contributed by atoms with Gasteiger partial charge in [-0.1, -0.05) is 6.07 Å². The number of rotatable bonds is 3. The van der Waals surface area contributed by atoms with Crippen LogP contribution in [-0.2, 0) is 6.18 Å². The van der Waals surface area contributed by atoms with Gasteiger partial charge in [0.15, 0.2) is 5.82 Å². The van der Waals surface area contributed by atoms with Crippen molar-refractivity contribution in [2.24, 2.45) is 0 Å². The molecule has 1 saturated carbocycles. The van der Waals surface area contributed by atoms with Crippen LogP contribution in [0.1, 0.15) is 25.0 Å². The molecule has 2 heterocycles. The molecule has 134 valence electrons. The van der Waals surface area contributed by atoms with E-state index < -0.39 is 23.8 Å². The van der Waals surface area contributed by atoms with Crippen molar-refractivity contribution in [1.82, 2.24) is 19.9 Å². The van der Waals surface area contributed by atoms with Gasteiger partial charge >= 0.3 is 6.18 Å². The van der Waals surface area contributed by atoms with E-state index in [0.29, 0.717) is 0 Å². The van der Waals surface area contributed by atoms with Crippen molar-refractivity contribution in [3.8, 4) is 11.5 Å². The SMILES string of the molecule is Nc1nc(NC2CCC(F)(F)C2)nc(-c2cccc(C(F)(F)F)n2)n1. The van der Waals surface area contributed by atoms with Gasteiger partial charge in [0.05, 0.1) is 0 Å². The van der Waals surface area contributed by atoms with Crippen LogP contribution in [0.4, 0.5) is 33.8 Å². The average Bonchev–Trinajstić information content (AvgIpc) is 2.85. The largest absolute Gasteiger partial charge is 0.433 e. The standard InChI is InChI=1S/C14H13F5N6/c15-13(16)5-4-7(6-13)21-12-24-10(23-11(20)25-12)8-2-1-3-9(22-8)14(17,18)19/h1-3,7H,4-6H2,(H3,20,21,23,24,25). The molecule has 2 aromatic rings. The summed E-state index contributed by atoms with van der Waals surface area (Å²) in [5.41, 5.74) is 4.30. The lowest BCUT2D eigenvalue weighted by molar-refractivity contribution is -0.141. The molecular weight excluding hydrogens is 347 g/mol. The Bertz CT molecular complexity index is 779. The van der Waals surface area contributed by atoms with Crippen molar-refractivity contribution < 1.29 is 22.0 Å². The van der Waals surface area contributed by atoms with Gasteiger partial charge in [0.2, 0.25) is 17.8 Å². The first-order valence-electron chi connectivity index (χ1n) is 7.33. The topological polar surface area (TPSA) is 89.6 Å². The number of nitrogens with zero attached hydrogens (tertiary/aromatic N) is 4. The lowest BCUT2D eigenvalue weighted by Crippen LogP contribution is -2.21. The molecule has 1 atom stereocenters. The molecule has 6 nitrogen and oxygen atoms in total. The lowest BCUT2D eigenvalue weighted by Gasteiger charge is -2.13. The van der Waals surface area contributed by atoms with Crippen LogP contribution in [0.5, 0.6) is 0 Å². The van der Waals surface area contributed by atoms with Gasteiger partial charge in [-0.25, -0.2) is 13.8 Å². The number of aromatic nitrogens is 4. The summed E-state index contributed by atoms with van der Waals surface area (Å²) in [6.07, 6.45) is -5.04. The minimum atomic E-state index is -4.62. The van der Waals surface area contributed by atoms with Gasteiger partial charge in [0.1, 0.15) is 11.4 Å². The first kappa shape index (κ1) is 17.2. The summed E-state index contributed by atoms with van der Waals surface area (Å²) in [5, 5.41) is 2.72. The molecule has 2 aromatic heterocycles.